The number of fused-ring (bicyclic) bond motifs is 2. The van der Waals surface area contributed by atoms with Gasteiger partial charge >= 0.3 is 0 Å². The average Bonchev–Trinajstić information content (AvgIpc) is 3.26. The molecule has 0 radical (unpaired) electrons. The number of methoxy groups -OCH3 is 1. The number of benzene rings is 1. The van der Waals surface area contributed by atoms with E-state index in [1.54, 1.807) is 12.0 Å². The van der Waals surface area contributed by atoms with E-state index in [0.717, 1.165) is 35.1 Å². The number of carbonyl (C=O) groups is 2. The van der Waals surface area contributed by atoms with Gasteiger partial charge in [0, 0.05) is 37.2 Å². The minimum absolute atomic E-state index is 0.0244. The molecule has 2 fully saturated rings. The number of ether oxygens (including phenoxy) is 1. The molecule has 0 saturated carbocycles. The van der Waals surface area contributed by atoms with Gasteiger partial charge in [0.25, 0.3) is 0 Å². The first-order valence-electron chi connectivity index (χ1n) is 9.00. The Labute approximate surface area is 152 Å². The smallest absolute Gasteiger partial charge is 0.246 e. The normalized spacial score (nSPS) is 22.4. The molecule has 1 N–H and O–H groups in total. The fraction of sp³-hybridized carbons (Fsp3) is 0.400. The SMILES string of the molecule is C=CCn1cc(C[C@@H]2NC(=O)[C@@H]3CCCN3C2=O)c2ccc(OC)cc21. The molecule has 1 aromatic carbocycles. The van der Waals surface area contributed by atoms with Gasteiger partial charge in [-0.25, -0.2) is 0 Å². The number of aromatic nitrogens is 1. The lowest BCUT2D eigenvalue weighted by Gasteiger charge is -2.34. The summed E-state index contributed by atoms with van der Waals surface area (Å²) in [5.74, 6) is 0.795. The third-order valence-electron chi connectivity index (χ3n) is 5.37. The fourth-order valence-electron chi connectivity index (χ4n) is 4.12. The Hall–Kier alpha value is -2.76. The quantitative estimate of drug-likeness (QED) is 0.835. The highest BCUT2D eigenvalue weighted by Gasteiger charge is 2.42. The molecule has 4 rings (SSSR count). The zero-order valence-electron chi connectivity index (χ0n) is 14.9. The van der Waals surface area contributed by atoms with E-state index >= 15 is 0 Å². The molecular formula is C20H23N3O3. The Morgan fingerprint density at radius 2 is 2.23 bits per heavy atom. The first-order valence-corrected chi connectivity index (χ1v) is 9.00. The van der Waals surface area contributed by atoms with Crippen molar-refractivity contribution in [3.63, 3.8) is 0 Å². The van der Waals surface area contributed by atoms with Crippen molar-refractivity contribution >= 4 is 22.7 Å². The van der Waals surface area contributed by atoms with Crippen LogP contribution in [0.1, 0.15) is 18.4 Å². The maximum absolute atomic E-state index is 12.8. The van der Waals surface area contributed by atoms with Crippen LogP contribution in [0.5, 0.6) is 5.75 Å². The summed E-state index contributed by atoms with van der Waals surface area (Å²) in [6, 6.07) is 5.14. The minimum atomic E-state index is -0.498. The van der Waals surface area contributed by atoms with Crippen LogP contribution in [0.4, 0.5) is 0 Å². The summed E-state index contributed by atoms with van der Waals surface area (Å²) in [6.45, 7) is 5.17. The van der Waals surface area contributed by atoms with Crippen LogP contribution in [0.15, 0.2) is 37.1 Å². The number of allylic oxidation sites excluding steroid dienone is 1. The molecule has 0 bridgehead atoms. The van der Waals surface area contributed by atoms with Gasteiger partial charge in [-0.15, -0.1) is 6.58 Å². The van der Waals surface area contributed by atoms with Gasteiger partial charge in [0.2, 0.25) is 11.8 Å². The first kappa shape index (κ1) is 16.7. The van der Waals surface area contributed by atoms with Crippen LogP contribution in [-0.2, 0) is 22.6 Å². The lowest BCUT2D eigenvalue weighted by Crippen LogP contribution is -2.61. The summed E-state index contributed by atoms with van der Waals surface area (Å²) in [4.78, 5) is 26.9. The van der Waals surface area contributed by atoms with Gasteiger partial charge in [0.15, 0.2) is 0 Å². The van der Waals surface area contributed by atoms with E-state index in [2.05, 4.69) is 16.5 Å². The number of rotatable bonds is 5. The predicted octanol–water partition coefficient (Wildman–Crippen LogP) is 1.87. The fourth-order valence-corrected chi connectivity index (χ4v) is 4.12. The molecule has 2 aliphatic heterocycles. The van der Waals surface area contributed by atoms with Crippen molar-refractivity contribution in [1.82, 2.24) is 14.8 Å². The summed E-state index contributed by atoms with van der Waals surface area (Å²) in [6.07, 6.45) is 6.03. The van der Waals surface area contributed by atoms with Gasteiger partial charge in [0.05, 0.1) is 12.6 Å². The Kier molecular flexibility index (Phi) is 4.18. The van der Waals surface area contributed by atoms with Crippen molar-refractivity contribution in [3.05, 3.63) is 42.6 Å². The second-order valence-electron chi connectivity index (χ2n) is 6.93. The van der Waals surface area contributed by atoms with Crippen LogP contribution in [0, 0.1) is 0 Å². The van der Waals surface area contributed by atoms with E-state index in [-0.39, 0.29) is 17.9 Å². The largest absolute Gasteiger partial charge is 0.497 e. The highest BCUT2D eigenvalue weighted by molar-refractivity contribution is 5.98. The first-order chi connectivity index (χ1) is 12.6. The maximum atomic E-state index is 12.8. The third kappa shape index (κ3) is 2.66. The van der Waals surface area contributed by atoms with Crippen molar-refractivity contribution in [3.8, 4) is 5.75 Å². The molecule has 136 valence electrons. The second kappa shape index (κ2) is 6.52. The van der Waals surface area contributed by atoms with Crippen molar-refractivity contribution in [2.24, 2.45) is 0 Å². The Morgan fingerprint density at radius 1 is 1.38 bits per heavy atom. The summed E-state index contributed by atoms with van der Waals surface area (Å²) in [5.41, 5.74) is 2.08. The zero-order chi connectivity index (χ0) is 18.3. The molecule has 2 atom stereocenters. The molecule has 6 nitrogen and oxygen atoms in total. The minimum Gasteiger partial charge on any atom is -0.497 e. The summed E-state index contributed by atoms with van der Waals surface area (Å²) in [5, 5.41) is 4.00. The molecule has 6 heteroatoms. The molecule has 0 unspecified atom stereocenters. The van der Waals surface area contributed by atoms with Crippen LogP contribution in [0.3, 0.4) is 0 Å². The molecule has 2 aliphatic rings. The average molecular weight is 353 g/mol. The van der Waals surface area contributed by atoms with Crippen LogP contribution in [0.2, 0.25) is 0 Å². The lowest BCUT2D eigenvalue weighted by atomic mass is 10.0. The Bertz CT molecular complexity index is 886. The number of piperazine rings is 1. The van der Waals surface area contributed by atoms with E-state index in [9.17, 15) is 9.59 Å². The highest BCUT2D eigenvalue weighted by atomic mass is 16.5. The van der Waals surface area contributed by atoms with Crippen LogP contribution >= 0.6 is 0 Å². The Balaban J connectivity index is 1.67. The van der Waals surface area contributed by atoms with E-state index in [1.807, 2.05) is 30.5 Å². The standard InChI is InChI=1S/C20H23N3O3/c1-3-8-22-12-13(15-7-6-14(26-2)11-18(15)22)10-16-20(25)23-9-4-5-17(23)19(24)21-16/h3,6-7,11-12,16-17H,1,4-5,8-10H2,2H3,(H,21,24)/t16-,17-/m0/s1. The summed E-state index contributed by atoms with van der Waals surface area (Å²) in [7, 11) is 1.64. The number of amides is 2. The number of nitrogens with one attached hydrogen (secondary N) is 1. The molecule has 2 saturated heterocycles. The van der Waals surface area contributed by atoms with Gasteiger partial charge < -0.3 is 19.5 Å². The zero-order valence-corrected chi connectivity index (χ0v) is 14.9. The molecule has 26 heavy (non-hydrogen) atoms. The highest BCUT2D eigenvalue weighted by Crippen LogP contribution is 2.29. The number of carbonyl (C=O) groups excluding carboxylic acids is 2. The van der Waals surface area contributed by atoms with Gasteiger partial charge in [-0.1, -0.05) is 6.08 Å². The van der Waals surface area contributed by atoms with E-state index in [4.69, 9.17) is 4.74 Å². The van der Waals surface area contributed by atoms with Crippen LogP contribution in [0.25, 0.3) is 10.9 Å². The van der Waals surface area contributed by atoms with Crippen LogP contribution in [-0.4, -0.2) is 47.0 Å². The molecule has 0 spiro atoms. The number of nitrogens with zero attached hydrogens (tertiary/aromatic N) is 2. The van der Waals surface area contributed by atoms with Gasteiger partial charge in [0.1, 0.15) is 17.8 Å². The van der Waals surface area contributed by atoms with Gasteiger partial charge in [-0.3, -0.25) is 9.59 Å². The molecule has 3 heterocycles. The van der Waals surface area contributed by atoms with Crippen LogP contribution < -0.4 is 10.1 Å². The van der Waals surface area contributed by atoms with Gasteiger partial charge in [-0.05, 0) is 30.5 Å². The predicted molar refractivity (Wildman–Crippen MR) is 99.1 cm³/mol. The summed E-state index contributed by atoms with van der Waals surface area (Å²) >= 11 is 0. The molecular weight excluding hydrogens is 330 g/mol. The lowest BCUT2D eigenvalue weighted by molar-refractivity contribution is -0.146. The van der Waals surface area contributed by atoms with E-state index in [0.29, 0.717) is 19.5 Å². The van der Waals surface area contributed by atoms with Crippen molar-refractivity contribution in [2.45, 2.75) is 37.9 Å². The molecule has 1 aromatic heterocycles. The monoisotopic (exact) mass is 353 g/mol. The molecule has 2 amide bonds. The third-order valence-corrected chi connectivity index (χ3v) is 5.37. The van der Waals surface area contributed by atoms with E-state index in [1.165, 1.54) is 0 Å². The topological polar surface area (TPSA) is 63.6 Å². The van der Waals surface area contributed by atoms with Crippen molar-refractivity contribution in [2.75, 3.05) is 13.7 Å². The Morgan fingerprint density at radius 3 is 3.00 bits per heavy atom. The maximum Gasteiger partial charge on any atom is 0.246 e. The van der Waals surface area contributed by atoms with E-state index < -0.39 is 6.04 Å². The second-order valence-corrected chi connectivity index (χ2v) is 6.93. The number of hydrogen-bond donors (Lipinski definition) is 1. The number of hydrogen-bond acceptors (Lipinski definition) is 3. The molecule has 0 aliphatic carbocycles. The van der Waals surface area contributed by atoms with Crippen molar-refractivity contribution in [1.29, 1.82) is 0 Å². The van der Waals surface area contributed by atoms with Crippen molar-refractivity contribution < 1.29 is 14.3 Å². The molecule has 2 aromatic rings. The summed E-state index contributed by atoms with van der Waals surface area (Å²) < 4.78 is 7.43. The van der Waals surface area contributed by atoms with Gasteiger partial charge in [-0.2, -0.15) is 0 Å².